The van der Waals surface area contributed by atoms with E-state index in [1.165, 1.54) is 11.0 Å². The standard InChI is InChI=1S/C23H26F3N3O4/c1-13-10-17(20(31)14-6-5-9-29(12-14)21(32)33-22(2,3)4)27-28-19(13)16-8-7-15(11-18(16)30)23(24,25)26/h7-8,10-11,14,30H,5-6,9,12H2,1-4H3. The fourth-order valence-electron chi connectivity index (χ4n) is 3.67. The molecule has 0 spiro atoms. The summed E-state index contributed by atoms with van der Waals surface area (Å²) in [7, 11) is 0. The Bertz CT molecular complexity index is 1060. The van der Waals surface area contributed by atoms with Gasteiger partial charge in [0.1, 0.15) is 17.0 Å². The van der Waals surface area contributed by atoms with Crippen molar-refractivity contribution in [3.05, 3.63) is 41.1 Å². The smallest absolute Gasteiger partial charge is 0.416 e. The highest BCUT2D eigenvalue weighted by molar-refractivity contribution is 5.97. The predicted molar refractivity (Wildman–Crippen MR) is 114 cm³/mol. The van der Waals surface area contributed by atoms with Gasteiger partial charge in [-0.2, -0.15) is 13.2 Å². The van der Waals surface area contributed by atoms with Crippen LogP contribution in [0.5, 0.6) is 5.75 Å². The maximum absolute atomic E-state index is 13.0. The molecule has 1 aliphatic heterocycles. The van der Waals surface area contributed by atoms with Gasteiger partial charge < -0.3 is 14.7 Å². The zero-order chi connectivity index (χ0) is 24.6. The van der Waals surface area contributed by atoms with E-state index in [1.807, 2.05) is 0 Å². The minimum Gasteiger partial charge on any atom is -0.507 e. The van der Waals surface area contributed by atoms with E-state index in [4.69, 9.17) is 4.74 Å². The third kappa shape index (κ3) is 5.80. The molecule has 0 aliphatic carbocycles. The molecule has 1 fully saturated rings. The number of aryl methyl sites for hydroxylation is 1. The van der Waals surface area contributed by atoms with Crippen molar-refractivity contribution in [1.29, 1.82) is 0 Å². The number of alkyl halides is 3. The summed E-state index contributed by atoms with van der Waals surface area (Å²) in [6.45, 7) is 7.64. The molecule has 1 N–H and O–H groups in total. The number of amides is 1. The van der Waals surface area contributed by atoms with E-state index >= 15 is 0 Å². The Kier molecular flexibility index (Phi) is 6.67. The molecule has 3 rings (SSSR count). The Hall–Kier alpha value is -3.17. The molecule has 2 aromatic rings. The van der Waals surface area contributed by atoms with Gasteiger partial charge in [0.05, 0.1) is 11.3 Å². The predicted octanol–water partition coefficient (Wildman–Crippen LogP) is 5.01. The minimum absolute atomic E-state index is 0.0840. The van der Waals surface area contributed by atoms with Crippen LogP contribution in [0, 0.1) is 12.8 Å². The summed E-state index contributed by atoms with van der Waals surface area (Å²) in [5, 5.41) is 18.1. The quantitative estimate of drug-likeness (QED) is 0.641. The van der Waals surface area contributed by atoms with Crippen molar-refractivity contribution >= 4 is 11.9 Å². The molecule has 0 radical (unpaired) electrons. The number of rotatable bonds is 3. The molecule has 7 nitrogen and oxygen atoms in total. The van der Waals surface area contributed by atoms with Gasteiger partial charge in [-0.25, -0.2) is 4.79 Å². The first-order chi connectivity index (χ1) is 15.3. The third-order valence-corrected chi connectivity index (χ3v) is 5.26. The molecular weight excluding hydrogens is 439 g/mol. The summed E-state index contributed by atoms with van der Waals surface area (Å²) in [6, 6.07) is 4.09. The summed E-state index contributed by atoms with van der Waals surface area (Å²) in [6.07, 6.45) is -3.84. The number of ketones is 1. The van der Waals surface area contributed by atoms with E-state index in [0.29, 0.717) is 31.0 Å². The lowest BCUT2D eigenvalue weighted by Crippen LogP contribution is -2.44. The van der Waals surface area contributed by atoms with Gasteiger partial charge in [-0.1, -0.05) is 0 Å². The molecule has 1 unspecified atom stereocenters. The van der Waals surface area contributed by atoms with Gasteiger partial charge in [-0.05, 0) is 70.4 Å². The normalized spacial score (nSPS) is 17.1. The lowest BCUT2D eigenvalue weighted by atomic mass is 9.91. The van der Waals surface area contributed by atoms with E-state index in [0.717, 1.165) is 12.1 Å². The highest BCUT2D eigenvalue weighted by Crippen LogP contribution is 2.36. The molecule has 10 heteroatoms. The first-order valence-electron chi connectivity index (χ1n) is 10.5. The number of aromatic nitrogens is 2. The van der Waals surface area contributed by atoms with Gasteiger partial charge in [0.2, 0.25) is 0 Å². The lowest BCUT2D eigenvalue weighted by molar-refractivity contribution is -0.137. The molecule has 1 saturated heterocycles. The Morgan fingerprint density at radius 2 is 1.85 bits per heavy atom. The molecule has 0 bridgehead atoms. The number of carbonyl (C=O) groups excluding carboxylic acids is 2. The SMILES string of the molecule is Cc1cc(C(=O)C2CCCN(C(=O)OC(C)(C)C)C2)nnc1-c1ccc(C(F)(F)F)cc1O. The monoisotopic (exact) mass is 465 g/mol. The summed E-state index contributed by atoms with van der Waals surface area (Å²) in [5.74, 6) is -1.33. The van der Waals surface area contributed by atoms with E-state index in [2.05, 4.69) is 10.2 Å². The Morgan fingerprint density at radius 1 is 1.15 bits per heavy atom. The number of phenolic OH excluding ortho intramolecular Hbond substituents is 1. The Balaban J connectivity index is 1.78. The maximum atomic E-state index is 13.0. The van der Waals surface area contributed by atoms with Crippen LogP contribution < -0.4 is 0 Å². The number of hydrogen-bond acceptors (Lipinski definition) is 6. The number of Topliss-reactive ketones (excluding diaryl/α,β-unsaturated/α-hetero) is 1. The molecule has 2 heterocycles. The highest BCUT2D eigenvalue weighted by atomic mass is 19.4. The number of ether oxygens (including phenoxy) is 1. The first-order valence-corrected chi connectivity index (χ1v) is 10.5. The second kappa shape index (κ2) is 8.99. The van der Waals surface area contributed by atoms with Crippen molar-refractivity contribution in [2.75, 3.05) is 13.1 Å². The Labute approximate surface area is 189 Å². The molecule has 0 saturated carbocycles. The number of carbonyl (C=O) groups is 2. The van der Waals surface area contributed by atoms with E-state index in [9.17, 15) is 27.9 Å². The van der Waals surface area contributed by atoms with Gasteiger partial charge in [0, 0.05) is 24.6 Å². The second-order valence-corrected chi connectivity index (χ2v) is 9.12. The van der Waals surface area contributed by atoms with Crippen molar-refractivity contribution < 1.29 is 32.6 Å². The molecule has 1 aromatic carbocycles. The van der Waals surface area contributed by atoms with Gasteiger partial charge in [0.15, 0.2) is 5.78 Å². The van der Waals surface area contributed by atoms with Gasteiger partial charge in [-0.3, -0.25) is 4.79 Å². The van der Waals surface area contributed by atoms with E-state index in [1.54, 1.807) is 27.7 Å². The van der Waals surface area contributed by atoms with Crippen LogP contribution >= 0.6 is 0 Å². The fraction of sp³-hybridized carbons (Fsp3) is 0.478. The third-order valence-electron chi connectivity index (χ3n) is 5.26. The van der Waals surface area contributed by atoms with Crippen LogP contribution in [0.15, 0.2) is 24.3 Å². The van der Waals surface area contributed by atoms with Gasteiger partial charge >= 0.3 is 12.3 Å². The summed E-state index contributed by atoms with van der Waals surface area (Å²) in [5.41, 5.74) is -0.788. The van der Waals surface area contributed by atoms with Crippen LogP contribution in [0.4, 0.5) is 18.0 Å². The molecule has 1 amide bonds. The number of aromatic hydroxyl groups is 1. The topological polar surface area (TPSA) is 92.6 Å². The molecule has 1 aliphatic rings. The molecule has 1 atom stereocenters. The van der Waals surface area contributed by atoms with Crippen LogP contribution in [0.2, 0.25) is 0 Å². The van der Waals surface area contributed by atoms with Crippen molar-refractivity contribution in [1.82, 2.24) is 15.1 Å². The maximum Gasteiger partial charge on any atom is 0.416 e. The lowest BCUT2D eigenvalue weighted by Gasteiger charge is -2.33. The molecule has 178 valence electrons. The zero-order valence-corrected chi connectivity index (χ0v) is 18.9. The number of halogens is 3. The van der Waals surface area contributed by atoms with Crippen molar-refractivity contribution in [3.63, 3.8) is 0 Å². The summed E-state index contributed by atoms with van der Waals surface area (Å²) >= 11 is 0. The Morgan fingerprint density at radius 3 is 2.42 bits per heavy atom. The van der Waals surface area contributed by atoms with Crippen LogP contribution in [0.1, 0.15) is 55.2 Å². The molecule has 1 aromatic heterocycles. The molecule has 33 heavy (non-hydrogen) atoms. The summed E-state index contributed by atoms with van der Waals surface area (Å²) in [4.78, 5) is 26.9. The number of nitrogens with zero attached hydrogens (tertiary/aromatic N) is 3. The van der Waals surface area contributed by atoms with Crippen molar-refractivity contribution in [2.24, 2.45) is 5.92 Å². The summed E-state index contributed by atoms with van der Waals surface area (Å²) < 4.78 is 43.9. The van der Waals surface area contributed by atoms with Crippen LogP contribution in [-0.4, -0.2) is 50.8 Å². The number of phenols is 1. The van der Waals surface area contributed by atoms with Crippen LogP contribution in [-0.2, 0) is 10.9 Å². The average molecular weight is 465 g/mol. The van der Waals surface area contributed by atoms with Crippen molar-refractivity contribution in [2.45, 2.75) is 52.3 Å². The number of piperidine rings is 1. The first kappa shape index (κ1) is 24.5. The number of hydrogen-bond donors (Lipinski definition) is 1. The second-order valence-electron chi connectivity index (χ2n) is 9.12. The van der Waals surface area contributed by atoms with E-state index in [-0.39, 0.29) is 29.3 Å². The number of likely N-dealkylation sites (tertiary alicyclic amines) is 1. The van der Waals surface area contributed by atoms with Crippen molar-refractivity contribution in [3.8, 4) is 17.0 Å². The average Bonchev–Trinajstić information content (AvgIpc) is 2.71. The highest BCUT2D eigenvalue weighted by Gasteiger charge is 2.33. The van der Waals surface area contributed by atoms with Gasteiger partial charge in [0.25, 0.3) is 0 Å². The van der Waals surface area contributed by atoms with Gasteiger partial charge in [-0.15, -0.1) is 10.2 Å². The zero-order valence-electron chi connectivity index (χ0n) is 18.9. The fourth-order valence-corrected chi connectivity index (χ4v) is 3.67. The van der Waals surface area contributed by atoms with Crippen LogP contribution in [0.3, 0.4) is 0 Å². The molecular formula is C23H26F3N3O4. The van der Waals surface area contributed by atoms with E-state index < -0.39 is 35.1 Å². The minimum atomic E-state index is -4.58. The van der Waals surface area contributed by atoms with Crippen LogP contribution in [0.25, 0.3) is 11.3 Å². The number of benzene rings is 1. The largest absolute Gasteiger partial charge is 0.507 e.